The van der Waals surface area contributed by atoms with E-state index in [1.54, 1.807) is 14.2 Å². The van der Waals surface area contributed by atoms with Gasteiger partial charge in [-0.15, -0.1) is 0 Å². The zero-order valence-electron chi connectivity index (χ0n) is 18.2. The van der Waals surface area contributed by atoms with Crippen LogP contribution in [0.15, 0.2) is 23.2 Å². The van der Waals surface area contributed by atoms with Crippen LogP contribution in [0.1, 0.15) is 32.8 Å². The topological polar surface area (TPSA) is 66.4 Å². The van der Waals surface area contributed by atoms with Gasteiger partial charge in [0.1, 0.15) is 0 Å². The highest BCUT2D eigenvalue weighted by Crippen LogP contribution is 2.27. The lowest BCUT2D eigenvalue weighted by atomic mass is 10.1. The number of methoxy groups -OCH3 is 2. The summed E-state index contributed by atoms with van der Waals surface area (Å²) in [6, 6.07) is 5.97. The number of amides is 1. The number of guanidine groups is 1. The first-order chi connectivity index (χ1) is 13.5. The summed E-state index contributed by atoms with van der Waals surface area (Å²) in [5, 5.41) is 3.30. The number of hydrogen-bond acceptors (Lipinski definition) is 4. The Balaban J connectivity index is 2.66. The molecule has 1 rings (SSSR count). The van der Waals surface area contributed by atoms with E-state index in [9.17, 15) is 4.79 Å². The number of ether oxygens (including phenoxy) is 2. The van der Waals surface area contributed by atoms with E-state index in [0.29, 0.717) is 13.0 Å². The Labute approximate surface area is 169 Å². The number of likely N-dealkylation sites (N-methyl/N-ethyl adjacent to an activating group) is 1. The fraction of sp³-hybridized carbons (Fsp3) is 0.619. The second-order valence-corrected chi connectivity index (χ2v) is 6.41. The standard InChI is InChI=1S/C21H36N4O3/c1-7-22-21(23-14-12-20(26)25(8-2)9-3)24(4)15-13-17-10-11-18(27-5)19(16-17)28-6/h10-11,16H,7-9,12-15H2,1-6H3,(H,22,23). The summed E-state index contributed by atoms with van der Waals surface area (Å²) in [5.41, 5.74) is 1.16. The van der Waals surface area contributed by atoms with Crippen molar-refractivity contribution < 1.29 is 14.3 Å². The molecule has 0 bridgehead atoms. The molecule has 0 heterocycles. The van der Waals surface area contributed by atoms with Crippen LogP contribution in [0.5, 0.6) is 11.5 Å². The molecule has 0 fully saturated rings. The van der Waals surface area contributed by atoms with Crippen molar-refractivity contribution in [2.45, 2.75) is 33.6 Å². The maximum Gasteiger partial charge on any atom is 0.224 e. The number of rotatable bonds is 11. The third kappa shape index (κ3) is 7.29. The SMILES string of the molecule is CCNC(=NCCC(=O)N(CC)CC)N(C)CCc1ccc(OC)c(OC)c1. The van der Waals surface area contributed by atoms with Gasteiger partial charge in [0.05, 0.1) is 20.8 Å². The van der Waals surface area contributed by atoms with Crippen molar-refractivity contribution in [3.63, 3.8) is 0 Å². The lowest BCUT2D eigenvalue weighted by Crippen LogP contribution is -2.40. The van der Waals surface area contributed by atoms with Gasteiger partial charge in [0.25, 0.3) is 0 Å². The number of nitrogens with zero attached hydrogens (tertiary/aromatic N) is 3. The van der Waals surface area contributed by atoms with Crippen molar-refractivity contribution in [2.75, 3.05) is 54.0 Å². The van der Waals surface area contributed by atoms with Crippen LogP contribution in [0.3, 0.4) is 0 Å². The van der Waals surface area contributed by atoms with Crippen molar-refractivity contribution >= 4 is 11.9 Å². The van der Waals surface area contributed by atoms with Gasteiger partial charge in [-0.05, 0) is 44.9 Å². The lowest BCUT2D eigenvalue weighted by molar-refractivity contribution is -0.130. The molecule has 0 spiro atoms. The summed E-state index contributed by atoms with van der Waals surface area (Å²) in [6.07, 6.45) is 1.28. The first-order valence-corrected chi connectivity index (χ1v) is 9.98. The van der Waals surface area contributed by atoms with Gasteiger partial charge in [-0.3, -0.25) is 9.79 Å². The smallest absolute Gasteiger partial charge is 0.224 e. The second kappa shape index (κ2) is 12.9. The first kappa shape index (κ1) is 23.6. The highest BCUT2D eigenvalue weighted by molar-refractivity contribution is 5.80. The van der Waals surface area contributed by atoms with Crippen molar-refractivity contribution in [1.82, 2.24) is 15.1 Å². The molecule has 0 saturated heterocycles. The summed E-state index contributed by atoms with van der Waals surface area (Å²) in [7, 11) is 5.28. The van der Waals surface area contributed by atoms with Gasteiger partial charge in [-0.1, -0.05) is 6.07 Å². The van der Waals surface area contributed by atoms with Crippen molar-refractivity contribution in [1.29, 1.82) is 0 Å². The number of hydrogen-bond donors (Lipinski definition) is 1. The van der Waals surface area contributed by atoms with E-state index in [4.69, 9.17) is 9.47 Å². The van der Waals surface area contributed by atoms with E-state index >= 15 is 0 Å². The van der Waals surface area contributed by atoms with Crippen LogP contribution in [-0.2, 0) is 11.2 Å². The van der Waals surface area contributed by atoms with Gasteiger partial charge >= 0.3 is 0 Å². The molecule has 1 amide bonds. The van der Waals surface area contributed by atoms with E-state index in [1.165, 1.54) is 0 Å². The van der Waals surface area contributed by atoms with Gasteiger partial charge < -0.3 is 24.6 Å². The Morgan fingerprint density at radius 1 is 1.11 bits per heavy atom. The number of carbonyl (C=O) groups excluding carboxylic acids is 1. The Hall–Kier alpha value is -2.44. The largest absolute Gasteiger partial charge is 0.493 e. The van der Waals surface area contributed by atoms with Crippen LogP contribution in [0.25, 0.3) is 0 Å². The van der Waals surface area contributed by atoms with Gasteiger partial charge in [0.15, 0.2) is 17.5 Å². The zero-order valence-corrected chi connectivity index (χ0v) is 18.2. The predicted molar refractivity (Wildman–Crippen MR) is 114 cm³/mol. The quantitative estimate of drug-likeness (QED) is 0.463. The Morgan fingerprint density at radius 2 is 1.79 bits per heavy atom. The van der Waals surface area contributed by atoms with Crippen molar-refractivity contribution in [3.8, 4) is 11.5 Å². The van der Waals surface area contributed by atoms with E-state index in [1.807, 2.05) is 50.9 Å². The minimum Gasteiger partial charge on any atom is -0.493 e. The number of carbonyl (C=O) groups is 1. The van der Waals surface area contributed by atoms with Crippen LogP contribution in [0.2, 0.25) is 0 Å². The molecule has 0 atom stereocenters. The molecule has 0 radical (unpaired) electrons. The van der Waals surface area contributed by atoms with Crippen LogP contribution in [0, 0.1) is 0 Å². The molecule has 0 aliphatic rings. The average molecular weight is 393 g/mol. The third-order valence-corrected chi connectivity index (χ3v) is 4.58. The molecule has 7 heteroatoms. The molecule has 158 valence electrons. The number of benzene rings is 1. The van der Waals surface area contributed by atoms with Crippen LogP contribution >= 0.6 is 0 Å². The van der Waals surface area contributed by atoms with Crippen LogP contribution in [-0.4, -0.2) is 75.7 Å². The molecule has 0 aliphatic carbocycles. The first-order valence-electron chi connectivity index (χ1n) is 9.98. The summed E-state index contributed by atoms with van der Waals surface area (Å²) in [6.45, 7) is 9.58. The molecule has 0 unspecified atom stereocenters. The Bertz CT molecular complexity index is 630. The Morgan fingerprint density at radius 3 is 2.36 bits per heavy atom. The van der Waals surface area contributed by atoms with Gasteiger partial charge in [-0.2, -0.15) is 0 Å². The average Bonchev–Trinajstić information content (AvgIpc) is 2.71. The second-order valence-electron chi connectivity index (χ2n) is 6.41. The summed E-state index contributed by atoms with van der Waals surface area (Å²) < 4.78 is 10.7. The molecule has 0 aliphatic heterocycles. The van der Waals surface area contributed by atoms with Crippen molar-refractivity contribution in [2.24, 2.45) is 4.99 Å². The highest BCUT2D eigenvalue weighted by atomic mass is 16.5. The van der Waals surface area contributed by atoms with Crippen LogP contribution < -0.4 is 14.8 Å². The number of aliphatic imine (C=N–C) groups is 1. The van der Waals surface area contributed by atoms with Crippen molar-refractivity contribution in [3.05, 3.63) is 23.8 Å². The van der Waals surface area contributed by atoms with E-state index in [2.05, 4.69) is 15.2 Å². The molecule has 28 heavy (non-hydrogen) atoms. The minimum absolute atomic E-state index is 0.151. The van der Waals surface area contributed by atoms with E-state index < -0.39 is 0 Å². The summed E-state index contributed by atoms with van der Waals surface area (Å²) >= 11 is 0. The van der Waals surface area contributed by atoms with E-state index in [0.717, 1.165) is 55.6 Å². The van der Waals surface area contributed by atoms with Gasteiger partial charge in [0, 0.05) is 39.6 Å². The molecule has 1 aromatic rings. The van der Waals surface area contributed by atoms with Gasteiger partial charge in [-0.25, -0.2) is 0 Å². The molecule has 0 aromatic heterocycles. The maximum absolute atomic E-state index is 12.1. The van der Waals surface area contributed by atoms with Gasteiger partial charge in [0.2, 0.25) is 5.91 Å². The summed E-state index contributed by atoms with van der Waals surface area (Å²) in [4.78, 5) is 20.7. The molecular formula is C21H36N4O3. The lowest BCUT2D eigenvalue weighted by Gasteiger charge is -2.23. The fourth-order valence-electron chi connectivity index (χ4n) is 2.90. The van der Waals surface area contributed by atoms with E-state index in [-0.39, 0.29) is 5.91 Å². The summed E-state index contributed by atoms with van der Waals surface area (Å²) in [5.74, 6) is 2.43. The highest BCUT2D eigenvalue weighted by Gasteiger charge is 2.11. The molecule has 1 aromatic carbocycles. The third-order valence-electron chi connectivity index (χ3n) is 4.58. The minimum atomic E-state index is 0.151. The van der Waals surface area contributed by atoms with Crippen LogP contribution in [0.4, 0.5) is 0 Å². The zero-order chi connectivity index (χ0) is 20.9. The Kier molecular flexibility index (Phi) is 10.8. The predicted octanol–water partition coefficient (Wildman–Crippen LogP) is 2.40. The molecular weight excluding hydrogens is 356 g/mol. The molecule has 1 N–H and O–H groups in total. The number of nitrogens with one attached hydrogen (secondary N) is 1. The molecule has 7 nitrogen and oxygen atoms in total. The normalized spacial score (nSPS) is 11.1. The monoisotopic (exact) mass is 392 g/mol. The maximum atomic E-state index is 12.1. The molecule has 0 saturated carbocycles. The fourth-order valence-corrected chi connectivity index (χ4v) is 2.90.